The van der Waals surface area contributed by atoms with Crippen LogP contribution in [0.2, 0.25) is 0 Å². The van der Waals surface area contributed by atoms with Crippen LogP contribution in [0, 0.1) is 0 Å². The molecule has 1 saturated heterocycles. The SMILES string of the molecule is CC(C)N1CC(=O)N(C)c2cnc(Nc3cc(NC(=O)[C@@H]4CCCN4C(=O)OC(C)(C)C)cc(S(C)(=O)=O)c3)nc21. The number of aromatic nitrogens is 2. The van der Waals surface area contributed by atoms with Crippen molar-refractivity contribution in [1.29, 1.82) is 0 Å². The highest BCUT2D eigenvalue weighted by atomic mass is 32.2. The molecule has 0 radical (unpaired) electrons. The van der Waals surface area contributed by atoms with Crippen molar-refractivity contribution in [3.05, 3.63) is 24.4 Å². The van der Waals surface area contributed by atoms with Gasteiger partial charge in [-0.05, 0) is 65.7 Å². The Morgan fingerprint density at radius 3 is 2.46 bits per heavy atom. The van der Waals surface area contributed by atoms with Crippen molar-refractivity contribution >= 4 is 56.6 Å². The lowest BCUT2D eigenvalue weighted by Crippen LogP contribution is -2.47. The Balaban J connectivity index is 1.61. The lowest BCUT2D eigenvalue weighted by atomic mass is 10.2. The van der Waals surface area contributed by atoms with Crippen molar-refractivity contribution in [2.24, 2.45) is 0 Å². The molecule has 2 aromatic rings. The molecule has 0 aliphatic carbocycles. The highest BCUT2D eigenvalue weighted by Crippen LogP contribution is 2.33. The zero-order valence-electron chi connectivity index (χ0n) is 24.4. The van der Waals surface area contributed by atoms with Gasteiger partial charge in [-0.25, -0.2) is 18.2 Å². The Hall–Kier alpha value is -3.94. The summed E-state index contributed by atoms with van der Waals surface area (Å²) < 4.78 is 30.4. The van der Waals surface area contributed by atoms with Gasteiger partial charge in [-0.3, -0.25) is 14.5 Å². The summed E-state index contributed by atoms with van der Waals surface area (Å²) in [6.07, 6.45) is 3.12. The maximum atomic E-state index is 13.3. The first-order valence-electron chi connectivity index (χ1n) is 13.4. The first-order chi connectivity index (χ1) is 19.0. The molecular weight excluding hydrogens is 550 g/mol. The van der Waals surface area contributed by atoms with Crippen LogP contribution in [-0.2, 0) is 24.2 Å². The van der Waals surface area contributed by atoms with Crippen LogP contribution in [0.25, 0.3) is 0 Å². The van der Waals surface area contributed by atoms with E-state index in [2.05, 4.69) is 20.6 Å². The molecule has 3 heterocycles. The number of carbonyl (C=O) groups is 3. The molecule has 222 valence electrons. The van der Waals surface area contributed by atoms with E-state index in [0.29, 0.717) is 36.6 Å². The molecule has 14 heteroatoms. The van der Waals surface area contributed by atoms with Crippen LogP contribution in [0.3, 0.4) is 0 Å². The third kappa shape index (κ3) is 6.87. The molecule has 13 nitrogen and oxygen atoms in total. The fourth-order valence-corrected chi connectivity index (χ4v) is 5.34. The van der Waals surface area contributed by atoms with Gasteiger partial charge in [-0.15, -0.1) is 0 Å². The number of nitrogens with zero attached hydrogens (tertiary/aromatic N) is 5. The number of fused-ring (bicyclic) bond motifs is 1. The van der Waals surface area contributed by atoms with Gasteiger partial charge in [0, 0.05) is 37.3 Å². The summed E-state index contributed by atoms with van der Waals surface area (Å²) in [5.74, 6) is 0.224. The number of benzene rings is 1. The smallest absolute Gasteiger partial charge is 0.410 e. The van der Waals surface area contributed by atoms with Gasteiger partial charge in [-0.2, -0.15) is 4.98 Å². The highest BCUT2D eigenvalue weighted by Gasteiger charge is 2.37. The zero-order chi connectivity index (χ0) is 30.3. The molecule has 0 unspecified atom stereocenters. The standard InChI is InChI=1S/C27H37N7O6S/c1-16(2)34-15-22(35)32(6)21-14-28-25(31-23(21)34)30-18-11-17(12-19(13-18)41(7,38)39)29-24(36)20-9-8-10-33(20)26(37)40-27(3,4)5/h11-14,16,20H,8-10,15H2,1-7H3,(H,29,36)(H,28,30,31)/t20-/m0/s1. The summed E-state index contributed by atoms with van der Waals surface area (Å²) in [5, 5.41) is 5.80. The molecule has 3 amide bonds. The second-order valence-electron chi connectivity index (χ2n) is 11.5. The van der Waals surface area contributed by atoms with Gasteiger partial charge in [0.15, 0.2) is 15.7 Å². The molecule has 2 aliphatic heterocycles. The molecule has 1 aromatic carbocycles. The number of ether oxygens (including phenoxy) is 1. The number of sulfone groups is 1. The predicted octanol–water partition coefficient (Wildman–Crippen LogP) is 3.15. The number of carbonyl (C=O) groups excluding carboxylic acids is 3. The molecule has 4 rings (SSSR count). The average molecular weight is 588 g/mol. The summed E-state index contributed by atoms with van der Waals surface area (Å²) in [6.45, 7) is 9.72. The largest absolute Gasteiger partial charge is 0.444 e. The number of likely N-dealkylation sites (N-methyl/N-ethyl adjacent to an activating group) is 1. The van der Waals surface area contributed by atoms with E-state index >= 15 is 0 Å². The van der Waals surface area contributed by atoms with Crippen LogP contribution in [0.1, 0.15) is 47.5 Å². The fourth-order valence-electron chi connectivity index (χ4n) is 4.65. The Labute approximate surface area is 240 Å². The Kier molecular flexibility index (Phi) is 8.16. The summed E-state index contributed by atoms with van der Waals surface area (Å²) in [5.41, 5.74) is 0.406. The van der Waals surface area contributed by atoms with Gasteiger partial charge in [0.1, 0.15) is 17.3 Å². The maximum Gasteiger partial charge on any atom is 0.410 e. The van der Waals surface area contributed by atoms with E-state index in [1.165, 1.54) is 28.1 Å². The van der Waals surface area contributed by atoms with Gasteiger partial charge in [-0.1, -0.05) is 0 Å². The normalized spacial score (nSPS) is 17.5. The van der Waals surface area contributed by atoms with Gasteiger partial charge in [0.05, 0.1) is 17.6 Å². The maximum absolute atomic E-state index is 13.3. The summed E-state index contributed by atoms with van der Waals surface area (Å²) in [7, 11) is -2.00. The van der Waals surface area contributed by atoms with Crippen molar-refractivity contribution in [3.8, 4) is 0 Å². The quantitative estimate of drug-likeness (QED) is 0.515. The Morgan fingerprint density at radius 1 is 1.15 bits per heavy atom. The van der Waals surface area contributed by atoms with Gasteiger partial charge in [0.2, 0.25) is 17.8 Å². The Bertz CT molecular complexity index is 1470. The van der Waals surface area contributed by atoms with E-state index in [1.54, 1.807) is 33.9 Å². The molecule has 1 fully saturated rings. The molecule has 41 heavy (non-hydrogen) atoms. The van der Waals surface area contributed by atoms with Crippen LogP contribution < -0.4 is 20.4 Å². The lowest BCUT2D eigenvalue weighted by Gasteiger charge is -2.36. The number of hydrogen-bond acceptors (Lipinski definition) is 10. The summed E-state index contributed by atoms with van der Waals surface area (Å²) in [6, 6.07) is 3.60. The topological polar surface area (TPSA) is 154 Å². The zero-order valence-corrected chi connectivity index (χ0v) is 25.2. The minimum atomic E-state index is -3.66. The van der Waals surface area contributed by atoms with E-state index in [0.717, 1.165) is 6.26 Å². The second kappa shape index (κ2) is 11.1. The first-order valence-corrected chi connectivity index (χ1v) is 15.3. The van der Waals surface area contributed by atoms with Gasteiger partial charge >= 0.3 is 6.09 Å². The minimum Gasteiger partial charge on any atom is -0.444 e. The molecule has 1 atom stereocenters. The third-order valence-corrected chi connectivity index (χ3v) is 7.82. The van der Waals surface area contributed by atoms with Crippen molar-refractivity contribution < 1.29 is 27.5 Å². The summed E-state index contributed by atoms with van der Waals surface area (Å²) >= 11 is 0. The van der Waals surface area contributed by atoms with E-state index in [4.69, 9.17) is 4.74 Å². The van der Waals surface area contributed by atoms with Gasteiger partial charge in [0.25, 0.3) is 0 Å². The predicted molar refractivity (Wildman–Crippen MR) is 155 cm³/mol. The molecule has 2 aliphatic rings. The van der Waals surface area contributed by atoms with Crippen molar-refractivity contribution in [2.45, 2.75) is 70.0 Å². The van der Waals surface area contributed by atoms with Crippen molar-refractivity contribution in [3.63, 3.8) is 0 Å². The molecule has 0 saturated carbocycles. The molecule has 0 bridgehead atoms. The lowest BCUT2D eigenvalue weighted by molar-refractivity contribution is -0.120. The van der Waals surface area contributed by atoms with Crippen LogP contribution in [0.15, 0.2) is 29.3 Å². The van der Waals surface area contributed by atoms with E-state index < -0.39 is 33.5 Å². The number of hydrogen-bond donors (Lipinski definition) is 2. The average Bonchev–Trinajstić information content (AvgIpc) is 3.35. The van der Waals surface area contributed by atoms with Crippen LogP contribution in [-0.4, -0.2) is 85.3 Å². The first kappa shape index (κ1) is 30.0. The van der Waals surface area contributed by atoms with E-state index in [1.807, 2.05) is 18.7 Å². The number of rotatable bonds is 6. The molecule has 1 aromatic heterocycles. The molecule has 2 N–H and O–H groups in total. The molecule has 0 spiro atoms. The van der Waals surface area contributed by atoms with Gasteiger partial charge < -0.3 is 25.2 Å². The van der Waals surface area contributed by atoms with Crippen LogP contribution in [0.5, 0.6) is 0 Å². The number of anilines is 5. The van der Waals surface area contributed by atoms with Crippen LogP contribution >= 0.6 is 0 Å². The second-order valence-corrected chi connectivity index (χ2v) is 13.6. The van der Waals surface area contributed by atoms with Crippen molar-refractivity contribution in [2.75, 3.05) is 46.8 Å². The highest BCUT2D eigenvalue weighted by molar-refractivity contribution is 7.90. The minimum absolute atomic E-state index is 0.000333. The third-order valence-electron chi connectivity index (χ3n) is 6.73. The summed E-state index contributed by atoms with van der Waals surface area (Å²) in [4.78, 5) is 52.0. The van der Waals surface area contributed by atoms with Crippen molar-refractivity contribution in [1.82, 2.24) is 14.9 Å². The fraction of sp³-hybridized carbons (Fsp3) is 0.519. The van der Waals surface area contributed by atoms with E-state index in [-0.39, 0.29) is 35.0 Å². The monoisotopic (exact) mass is 587 g/mol. The number of nitrogens with one attached hydrogen (secondary N) is 2. The number of likely N-dealkylation sites (tertiary alicyclic amines) is 1. The Morgan fingerprint density at radius 2 is 1.83 bits per heavy atom. The molecular formula is C27H37N7O6S. The van der Waals surface area contributed by atoms with E-state index in [9.17, 15) is 22.8 Å². The van der Waals surface area contributed by atoms with Crippen LogP contribution in [0.4, 0.5) is 33.6 Å². The number of amides is 3.